The van der Waals surface area contributed by atoms with Crippen molar-refractivity contribution in [2.75, 3.05) is 29.5 Å². The quantitative estimate of drug-likeness (QED) is 0.376. The molecule has 1 amide bonds. The predicted octanol–water partition coefficient (Wildman–Crippen LogP) is 5.73. The Balaban J connectivity index is 0.000000195. The fourth-order valence-corrected chi connectivity index (χ4v) is 6.11. The fourth-order valence-electron chi connectivity index (χ4n) is 5.06. The zero-order valence-corrected chi connectivity index (χ0v) is 26.9. The van der Waals surface area contributed by atoms with Gasteiger partial charge in [-0.2, -0.15) is 10.4 Å². The zero-order valence-electron chi connectivity index (χ0n) is 26.1. The van der Waals surface area contributed by atoms with Crippen molar-refractivity contribution in [3.05, 3.63) is 66.7 Å². The third kappa shape index (κ3) is 10.3. The van der Waals surface area contributed by atoms with E-state index in [1.165, 1.54) is 18.6 Å². The van der Waals surface area contributed by atoms with Crippen molar-refractivity contribution in [2.45, 2.75) is 76.8 Å². The first-order chi connectivity index (χ1) is 20.9. The van der Waals surface area contributed by atoms with E-state index in [4.69, 9.17) is 11.0 Å². The van der Waals surface area contributed by atoms with Crippen LogP contribution in [0.25, 0.3) is 16.8 Å². The number of anilines is 1. The molecule has 0 atom stereocenters. The standard InChI is InChI=1S/C19H18FN3OS.C11H16N2O.C4H11N/c20-17-3-7-19(8-4-17)23-14-16(13-21-23)15-1-5-18(6-2-15)22-9-11-25(24)12-10-22;12-8-11(6-7-11)13-10(14)9-4-2-1-3-5-9;1-4(2,3)5/h1-8,13-14H,9-12H2;9H,1-7H2,(H,13,14);5H2,1-3H3. The number of halogens is 1. The maximum absolute atomic E-state index is 13.0. The van der Waals surface area contributed by atoms with Gasteiger partial charge in [0.2, 0.25) is 5.91 Å². The molecule has 2 aromatic carbocycles. The van der Waals surface area contributed by atoms with Crippen LogP contribution < -0.4 is 16.0 Å². The van der Waals surface area contributed by atoms with E-state index in [0.29, 0.717) is 0 Å². The predicted molar refractivity (Wildman–Crippen MR) is 175 cm³/mol. The molecule has 0 bridgehead atoms. The minimum absolute atomic E-state index is 0. The van der Waals surface area contributed by atoms with E-state index < -0.39 is 16.3 Å². The summed E-state index contributed by atoms with van der Waals surface area (Å²) in [5.41, 5.74) is 8.95. The lowest BCUT2D eigenvalue weighted by atomic mass is 9.88. The Morgan fingerprint density at radius 2 is 1.57 bits per heavy atom. The number of hydrogen-bond acceptors (Lipinski definition) is 6. The van der Waals surface area contributed by atoms with Gasteiger partial charge in [0.05, 0.1) is 18.0 Å². The van der Waals surface area contributed by atoms with E-state index >= 15 is 0 Å². The van der Waals surface area contributed by atoms with E-state index in [1.807, 2.05) is 33.2 Å². The molecule has 6 rings (SSSR count). The van der Waals surface area contributed by atoms with Crippen LogP contribution in [0.2, 0.25) is 0 Å². The van der Waals surface area contributed by atoms with Crippen LogP contribution in [-0.2, 0) is 15.6 Å². The molecule has 2 heterocycles. The number of rotatable bonds is 5. The highest BCUT2D eigenvalue weighted by Gasteiger charge is 2.45. The first kappa shape index (κ1) is 33.3. The van der Waals surface area contributed by atoms with Gasteiger partial charge in [0.1, 0.15) is 11.4 Å². The number of benzene rings is 2. The number of nitrogens with one attached hydrogen (secondary N) is 1. The monoisotopic (exact) mass is 620 g/mol. The maximum Gasteiger partial charge on any atom is 0.224 e. The third-order valence-electron chi connectivity index (χ3n) is 7.72. The summed E-state index contributed by atoms with van der Waals surface area (Å²) in [6, 6.07) is 16.8. The van der Waals surface area contributed by atoms with Gasteiger partial charge in [-0.15, -0.1) is 0 Å². The lowest BCUT2D eigenvalue weighted by molar-refractivity contribution is -0.126. The first-order valence-electron chi connectivity index (χ1n) is 15.5. The Labute approximate surface area is 263 Å². The molecule has 0 radical (unpaired) electrons. The molecule has 10 heteroatoms. The summed E-state index contributed by atoms with van der Waals surface area (Å²) in [6.07, 6.45) is 11.0. The van der Waals surface area contributed by atoms with Crippen LogP contribution in [0.5, 0.6) is 0 Å². The molecular weight excluding hydrogens is 575 g/mol. The highest BCUT2D eigenvalue weighted by Crippen LogP contribution is 2.35. The van der Waals surface area contributed by atoms with Crippen molar-refractivity contribution in [2.24, 2.45) is 11.7 Å². The van der Waals surface area contributed by atoms with Gasteiger partial charge in [-0.1, -0.05) is 31.4 Å². The molecule has 0 spiro atoms. The largest absolute Gasteiger partial charge is 0.370 e. The Kier molecular flexibility index (Phi) is 11.3. The van der Waals surface area contributed by atoms with Gasteiger partial charge in [-0.05, 0) is 88.4 Å². The minimum atomic E-state index is -0.662. The summed E-state index contributed by atoms with van der Waals surface area (Å²) in [5.74, 6) is 1.52. The first-order valence-corrected chi connectivity index (χ1v) is 17.0. The summed E-state index contributed by atoms with van der Waals surface area (Å²) in [7, 11) is -0.662. The number of hydrogen-bond donors (Lipinski definition) is 2. The van der Waals surface area contributed by atoms with Crippen molar-refractivity contribution >= 4 is 22.4 Å². The number of nitrogens with zero attached hydrogens (tertiary/aromatic N) is 4. The van der Waals surface area contributed by atoms with Gasteiger partial charge in [-0.3, -0.25) is 9.00 Å². The van der Waals surface area contributed by atoms with Gasteiger partial charge in [0.25, 0.3) is 0 Å². The second-order valence-electron chi connectivity index (χ2n) is 12.9. The van der Waals surface area contributed by atoms with Crippen molar-refractivity contribution in [3.8, 4) is 22.9 Å². The molecule has 44 heavy (non-hydrogen) atoms. The topological polar surface area (TPSA) is 117 Å². The van der Waals surface area contributed by atoms with Crippen LogP contribution in [0.1, 0.15) is 65.7 Å². The van der Waals surface area contributed by atoms with E-state index in [2.05, 4.69) is 45.7 Å². The number of carbonyl (C=O) groups excluding carboxylic acids is 1. The summed E-state index contributed by atoms with van der Waals surface area (Å²) >= 11 is 0. The summed E-state index contributed by atoms with van der Waals surface area (Å²) in [4.78, 5) is 14.0. The molecule has 2 aliphatic carbocycles. The van der Waals surface area contributed by atoms with Crippen molar-refractivity contribution in [1.82, 2.24) is 15.1 Å². The molecule has 236 valence electrons. The molecular formula is C34H45FN6O2S. The average Bonchev–Trinajstić information content (AvgIpc) is 3.61. The normalized spacial score (nSPS) is 18.1. The lowest BCUT2D eigenvalue weighted by Gasteiger charge is -2.28. The highest BCUT2D eigenvalue weighted by atomic mass is 32.2. The van der Waals surface area contributed by atoms with Crippen LogP contribution in [0, 0.1) is 23.1 Å². The van der Waals surface area contributed by atoms with Gasteiger partial charge in [0, 0.05) is 64.3 Å². The molecule has 0 unspecified atom stereocenters. The van der Waals surface area contributed by atoms with Crippen molar-refractivity contribution in [3.63, 3.8) is 0 Å². The Hall–Kier alpha value is -3.55. The molecule has 3 fully saturated rings. The SMILES string of the molecule is CC(C)(C)N.N#CC1(NC(=O)C2CCCCC2)CC1.O=S1CCN(c2ccc(-c3cnn(-c4ccc(F)cc4)c3)cc2)CC1. The van der Waals surface area contributed by atoms with Gasteiger partial charge >= 0.3 is 0 Å². The summed E-state index contributed by atoms with van der Waals surface area (Å²) in [5, 5.41) is 16.1. The maximum atomic E-state index is 13.0. The van der Waals surface area contributed by atoms with E-state index in [9.17, 15) is 13.4 Å². The number of aromatic nitrogens is 2. The second kappa shape index (κ2) is 15.0. The molecule has 3 aromatic rings. The van der Waals surface area contributed by atoms with Crippen LogP contribution >= 0.6 is 0 Å². The Morgan fingerprint density at radius 1 is 1.00 bits per heavy atom. The molecule has 3 N–H and O–H groups in total. The molecule has 1 saturated heterocycles. The van der Waals surface area contributed by atoms with Crippen molar-refractivity contribution in [1.29, 1.82) is 5.26 Å². The van der Waals surface area contributed by atoms with Crippen LogP contribution in [0.4, 0.5) is 10.1 Å². The number of amides is 1. The molecule has 8 nitrogen and oxygen atoms in total. The average molecular weight is 621 g/mol. The second-order valence-corrected chi connectivity index (χ2v) is 14.6. The van der Waals surface area contributed by atoms with Crippen LogP contribution in [-0.4, -0.2) is 55.6 Å². The van der Waals surface area contributed by atoms with E-state index in [1.54, 1.807) is 16.8 Å². The highest BCUT2D eigenvalue weighted by molar-refractivity contribution is 7.85. The smallest absolute Gasteiger partial charge is 0.224 e. The molecule has 1 aromatic heterocycles. The molecule has 3 aliphatic rings. The number of nitrogens with two attached hydrogens (primary N) is 1. The van der Waals surface area contributed by atoms with Gasteiger partial charge in [0.15, 0.2) is 0 Å². The Morgan fingerprint density at radius 3 is 2.11 bits per heavy atom. The number of nitriles is 1. The van der Waals surface area contributed by atoms with Crippen molar-refractivity contribution < 1.29 is 13.4 Å². The van der Waals surface area contributed by atoms with Crippen LogP contribution in [0.3, 0.4) is 0 Å². The van der Waals surface area contributed by atoms with Gasteiger partial charge < -0.3 is 16.0 Å². The van der Waals surface area contributed by atoms with Gasteiger partial charge in [-0.25, -0.2) is 9.07 Å². The fraction of sp³-hybridized carbons (Fsp3) is 0.500. The van der Waals surface area contributed by atoms with E-state index in [0.717, 1.165) is 85.6 Å². The summed E-state index contributed by atoms with van der Waals surface area (Å²) in [6.45, 7) is 7.58. The third-order valence-corrected chi connectivity index (χ3v) is 9.00. The molecule has 2 saturated carbocycles. The summed E-state index contributed by atoms with van der Waals surface area (Å²) < 4.78 is 26.2. The minimum Gasteiger partial charge on any atom is -0.370 e. The Bertz CT molecular complexity index is 1420. The zero-order chi connectivity index (χ0) is 31.7. The molecule has 1 aliphatic heterocycles. The lowest BCUT2D eigenvalue weighted by Crippen LogP contribution is -2.40. The number of carbonyl (C=O) groups is 1. The van der Waals surface area contributed by atoms with Crippen LogP contribution in [0.15, 0.2) is 60.9 Å². The van der Waals surface area contributed by atoms with E-state index in [-0.39, 0.29) is 23.2 Å².